The lowest BCUT2D eigenvalue weighted by molar-refractivity contribution is -0.103. The normalized spacial score (nSPS) is 13.9. The smallest absolute Gasteiger partial charge is 0.339 e. The summed E-state index contributed by atoms with van der Waals surface area (Å²) in [7, 11) is -3.07. The Labute approximate surface area is 165 Å². The number of methoxy groups -OCH3 is 1. The van der Waals surface area contributed by atoms with E-state index in [9.17, 15) is 18.0 Å². The third-order valence-electron chi connectivity index (χ3n) is 3.64. The van der Waals surface area contributed by atoms with Gasteiger partial charge in [0.25, 0.3) is 10.0 Å². The highest BCUT2D eigenvalue weighted by molar-refractivity contribution is 7.90. The lowest BCUT2D eigenvalue weighted by atomic mass is 10.2. The van der Waals surface area contributed by atoms with Gasteiger partial charge in [0.1, 0.15) is 16.8 Å². The quantitative estimate of drug-likeness (QED) is 0.617. The highest BCUT2D eigenvalue weighted by Gasteiger charge is 2.29. The number of aromatic nitrogens is 3. The summed E-state index contributed by atoms with van der Waals surface area (Å²) in [5.74, 6) is -0.791. The number of anilines is 1. The van der Waals surface area contributed by atoms with E-state index < -0.39 is 33.0 Å². The van der Waals surface area contributed by atoms with Gasteiger partial charge in [0.2, 0.25) is 5.95 Å². The van der Waals surface area contributed by atoms with Gasteiger partial charge in [0, 0.05) is 0 Å². The predicted molar refractivity (Wildman–Crippen MR) is 96.9 cm³/mol. The van der Waals surface area contributed by atoms with Gasteiger partial charge in [-0.25, -0.2) is 22.7 Å². The highest BCUT2D eigenvalue weighted by Crippen LogP contribution is 2.19. The first-order valence-electron chi connectivity index (χ1n) is 8.26. The number of amides is 2. The fraction of sp³-hybridized carbons (Fsp3) is 0.312. The molecule has 0 saturated carbocycles. The largest absolute Gasteiger partial charge is 0.467 e. The van der Waals surface area contributed by atoms with Gasteiger partial charge in [-0.2, -0.15) is 15.0 Å². The molecule has 3 rings (SSSR count). The number of esters is 1. The van der Waals surface area contributed by atoms with Crippen molar-refractivity contribution < 1.29 is 32.2 Å². The third-order valence-corrected chi connectivity index (χ3v) is 5.03. The fourth-order valence-corrected chi connectivity index (χ4v) is 3.38. The molecule has 12 nitrogen and oxygen atoms in total. The van der Waals surface area contributed by atoms with Crippen molar-refractivity contribution in [1.29, 1.82) is 0 Å². The van der Waals surface area contributed by atoms with Crippen LogP contribution in [0.4, 0.5) is 10.7 Å². The van der Waals surface area contributed by atoms with Gasteiger partial charge in [-0.05, 0) is 19.1 Å². The number of carbonyl (C=O) groups excluding carboxylic acids is 2. The average molecular weight is 423 g/mol. The number of benzene rings is 1. The summed E-state index contributed by atoms with van der Waals surface area (Å²) in [6, 6.07) is 4.17. The Morgan fingerprint density at radius 3 is 2.55 bits per heavy atom. The number of nitrogens with zero attached hydrogens (tertiary/aromatic N) is 3. The Hall–Kier alpha value is -3.32. The molecule has 1 aliphatic rings. The summed E-state index contributed by atoms with van der Waals surface area (Å²) in [6.45, 7) is 2.03. The van der Waals surface area contributed by atoms with Gasteiger partial charge < -0.3 is 14.2 Å². The molecule has 0 bridgehead atoms. The standard InChI is InChI=1S/C16H17N5O7S/c1-9-17-14(20-16(18-9)26-2)19-15(23)21-29(24,25)12-6-4-3-5-11(12)13(22)28-10-7-27-8-10/h3-6,10H,7-8H2,1-2H3,(H2,17,18,19,20,21,23). The molecule has 29 heavy (non-hydrogen) atoms. The van der Waals surface area contributed by atoms with E-state index in [-0.39, 0.29) is 36.6 Å². The second kappa shape index (κ2) is 8.36. The van der Waals surface area contributed by atoms with Crippen molar-refractivity contribution in [3.63, 3.8) is 0 Å². The van der Waals surface area contributed by atoms with Crippen molar-refractivity contribution in [3.05, 3.63) is 35.7 Å². The van der Waals surface area contributed by atoms with E-state index in [1.54, 1.807) is 11.6 Å². The molecule has 2 heterocycles. The molecule has 2 amide bonds. The summed E-state index contributed by atoms with van der Waals surface area (Å²) in [5, 5.41) is 2.18. The molecule has 1 aliphatic heterocycles. The first-order chi connectivity index (χ1) is 13.8. The molecule has 2 aromatic rings. The highest BCUT2D eigenvalue weighted by atomic mass is 32.2. The number of nitrogens with one attached hydrogen (secondary N) is 2. The van der Waals surface area contributed by atoms with Gasteiger partial charge in [0.15, 0.2) is 0 Å². The summed E-state index contributed by atoms with van der Waals surface area (Å²) in [4.78, 5) is 35.5. The van der Waals surface area contributed by atoms with E-state index in [1.165, 1.54) is 31.4 Å². The van der Waals surface area contributed by atoms with Crippen LogP contribution in [0.1, 0.15) is 16.2 Å². The van der Waals surface area contributed by atoms with Crippen LogP contribution >= 0.6 is 0 Å². The number of urea groups is 1. The first-order valence-corrected chi connectivity index (χ1v) is 9.75. The van der Waals surface area contributed by atoms with E-state index in [2.05, 4.69) is 20.3 Å². The van der Waals surface area contributed by atoms with Gasteiger partial charge >= 0.3 is 18.0 Å². The van der Waals surface area contributed by atoms with E-state index in [4.69, 9.17) is 14.2 Å². The monoisotopic (exact) mass is 423 g/mol. The minimum atomic E-state index is -4.40. The molecule has 1 fully saturated rings. The summed E-state index contributed by atoms with van der Waals surface area (Å²) in [5.41, 5.74) is -0.211. The van der Waals surface area contributed by atoms with Crippen molar-refractivity contribution in [2.24, 2.45) is 0 Å². The van der Waals surface area contributed by atoms with Crippen LogP contribution in [0, 0.1) is 6.92 Å². The van der Waals surface area contributed by atoms with E-state index in [1.807, 2.05) is 0 Å². The molecule has 154 valence electrons. The lowest BCUT2D eigenvalue weighted by Crippen LogP contribution is -2.39. The van der Waals surface area contributed by atoms with E-state index in [0.29, 0.717) is 0 Å². The molecule has 0 spiro atoms. The van der Waals surface area contributed by atoms with Gasteiger partial charge in [0.05, 0.1) is 25.9 Å². The molecule has 13 heteroatoms. The number of rotatable bonds is 6. The molecule has 1 saturated heterocycles. The molecule has 1 aromatic heterocycles. The molecule has 1 aromatic carbocycles. The minimum absolute atomic E-state index is 0.0521. The second-order valence-electron chi connectivity index (χ2n) is 5.81. The van der Waals surface area contributed by atoms with Crippen molar-refractivity contribution >= 4 is 28.0 Å². The van der Waals surface area contributed by atoms with E-state index >= 15 is 0 Å². The zero-order valence-corrected chi connectivity index (χ0v) is 16.2. The molecule has 2 N–H and O–H groups in total. The Morgan fingerprint density at radius 2 is 1.90 bits per heavy atom. The molecular formula is C16H17N5O7S. The van der Waals surface area contributed by atoms with Crippen LogP contribution in [0.2, 0.25) is 0 Å². The SMILES string of the molecule is COc1nc(C)nc(NC(=O)NS(=O)(=O)c2ccccc2C(=O)OC2COC2)n1. The molecule has 0 unspecified atom stereocenters. The fourth-order valence-electron chi connectivity index (χ4n) is 2.28. The minimum Gasteiger partial charge on any atom is -0.467 e. The maximum Gasteiger partial charge on any atom is 0.339 e. The summed E-state index contributed by atoms with van der Waals surface area (Å²) >= 11 is 0. The van der Waals surface area contributed by atoms with Gasteiger partial charge in [-0.15, -0.1) is 0 Å². The number of ether oxygens (including phenoxy) is 3. The molecular weight excluding hydrogens is 406 g/mol. The van der Waals surface area contributed by atoms with Crippen LogP contribution in [0.15, 0.2) is 29.2 Å². The maximum atomic E-state index is 12.6. The van der Waals surface area contributed by atoms with Gasteiger partial charge in [-0.3, -0.25) is 5.32 Å². The van der Waals surface area contributed by atoms with Crippen molar-refractivity contribution in [1.82, 2.24) is 19.7 Å². The third kappa shape index (κ3) is 4.94. The van der Waals surface area contributed by atoms with Crippen LogP contribution in [-0.4, -0.2) is 61.8 Å². The zero-order chi connectivity index (χ0) is 21.0. The Bertz CT molecular complexity index is 1040. The Balaban J connectivity index is 1.76. The van der Waals surface area contributed by atoms with Crippen LogP contribution in [0.5, 0.6) is 6.01 Å². The molecule has 0 radical (unpaired) electrons. The summed E-state index contributed by atoms with van der Waals surface area (Å²) in [6.07, 6.45) is -0.434. The lowest BCUT2D eigenvalue weighted by Gasteiger charge is -2.25. The number of aryl methyl sites for hydroxylation is 1. The van der Waals surface area contributed by atoms with Crippen LogP contribution < -0.4 is 14.8 Å². The molecule has 0 atom stereocenters. The topological polar surface area (TPSA) is 159 Å². The zero-order valence-electron chi connectivity index (χ0n) is 15.4. The molecule has 0 aliphatic carbocycles. The Morgan fingerprint density at radius 1 is 1.17 bits per heavy atom. The summed E-state index contributed by atoms with van der Waals surface area (Å²) < 4.78 is 42.0. The van der Waals surface area contributed by atoms with Gasteiger partial charge in [-0.1, -0.05) is 12.1 Å². The maximum absolute atomic E-state index is 12.6. The van der Waals surface area contributed by atoms with E-state index in [0.717, 1.165) is 0 Å². The van der Waals surface area contributed by atoms with Crippen molar-refractivity contribution in [2.45, 2.75) is 17.9 Å². The van der Waals surface area contributed by atoms with Crippen LogP contribution in [0.25, 0.3) is 0 Å². The second-order valence-corrected chi connectivity index (χ2v) is 7.46. The van der Waals surface area contributed by atoms with Crippen LogP contribution in [-0.2, 0) is 19.5 Å². The average Bonchev–Trinajstić information content (AvgIpc) is 2.63. The number of carbonyl (C=O) groups is 2. The number of sulfonamides is 1. The van der Waals surface area contributed by atoms with Crippen LogP contribution in [0.3, 0.4) is 0 Å². The predicted octanol–water partition coefficient (Wildman–Crippen LogP) is 0.255. The van der Waals surface area contributed by atoms with Crippen molar-refractivity contribution in [2.75, 3.05) is 25.6 Å². The first kappa shape index (κ1) is 20.4. The van der Waals surface area contributed by atoms with Crippen molar-refractivity contribution in [3.8, 4) is 6.01 Å². The Kier molecular flexibility index (Phi) is 5.89. The number of hydrogen-bond acceptors (Lipinski definition) is 10. The number of hydrogen-bond donors (Lipinski definition) is 2.